The van der Waals surface area contributed by atoms with Crippen molar-refractivity contribution in [3.8, 4) is 5.75 Å². The number of ether oxygens (including phenoxy) is 1. The minimum absolute atomic E-state index is 0.457. The molecule has 18 heavy (non-hydrogen) atoms. The van der Waals surface area contributed by atoms with Crippen LogP contribution in [0.1, 0.15) is 16.8 Å². The van der Waals surface area contributed by atoms with Crippen LogP contribution in [0.5, 0.6) is 5.75 Å². The maximum Gasteiger partial charge on any atom is 0.146 e. The fraction of sp³-hybridized carbons (Fsp3) is 0.286. The van der Waals surface area contributed by atoms with Gasteiger partial charge in [0.25, 0.3) is 0 Å². The lowest BCUT2D eigenvalue weighted by atomic mass is 10.0. The second-order valence-corrected chi connectivity index (χ2v) is 4.25. The molecule has 2 aromatic rings. The standard InChI is InChI=1S/C14H17N3O/c1-10-9-11(4-7-13(10)18-2)3-5-12-6-8-14(15)17-16-12/h4,6-9H,3,5H2,1-2H3,(H2,15,17). The highest BCUT2D eigenvalue weighted by molar-refractivity contribution is 5.36. The smallest absolute Gasteiger partial charge is 0.146 e. The summed E-state index contributed by atoms with van der Waals surface area (Å²) in [5, 5.41) is 7.89. The molecule has 0 atom stereocenters. The minimum atomic E-state index is 0.457. The van der Waals surface area contributed by atoms with Crippen molar-refractivity contribution in [1.29, 1.82) is 0 Å². The van der Waals surface area contributed by atoms with Crippen LogP contribution in [0, 0.1) is 6.92 Å². The van der Waals surface area contributed by atoms with Crippen LogP contribution in [0.4, 0.5) is 5.82 Å². The molecule has 1 aromatic carbocycles. The summed E-state index contributed by atoms with van der Waals surface area (Å²) < 4.78 is 5.24. The Morgan fingerprint density at radius 3 is 2.56 bits per heavy atom. The number of methoxy groups -OCH3 is 1. The first kappa shape index (κ1) is 12.4. The van der Waals surface area contributed by atoms with Gasteiger partial charge in [0.1, 0.15) is 11.6 Å². The second-order valence-electron chi connectivity index (χ2n) is 4.25. The second kappa shape index (κ2) is 5.49. The van der Waals surface area contributed by atoms with Gasteiger partial charge in [0.15, 0.2) is 0 Å². The third kappa shape index (κ3) is 2.97. The summed E-state index contributed by atoms with van der Waals surface area (Å²) in [4.78, 5) is 0. The van der Waals surface area contributed by atoms with Gasteiger partial charge in [-0.25, -0.2) is 0 Å². The molecule has 4 heteroatoms. The fourth-order valence-corrected chi connectivity index (χ4v) is 1.87. The van der Waals surface area contributed by atoms with Gasteiger partial charge >= 0.3 is 0 Å². The molecule has 4 nitrogen and oxygen atoms in total. The summed E-state index contributed by atoms with van der Waals surface area (Å²) in [6.07, 6.45) is 1.79. The molecule has 0 fully saturated rings. The van der Waals surface area contributed by atoms with Crippen LogP contribution >= 0.6 is 0 Å². The molecular formula is C14H17N3O. The van der Waals surface area contributed by atoms with E-state index in [0.717, 1.165) is 29.8 Å². The van der Waals surface area contributed by atoms with Gasteiger partial charge in [-0.05, 0) is 49.1 Å². The van der Waals surface area contributed by atoms with Gasteiger partial charge in [0, 0.05) is 0 Å². The number of anilines is 1. The van der Waals surface area contributed by atoms with Gasteiger partial charge < -0.3 is 10.5 Å². The van der Waals surface area contributed by atoms with Gasteiger partial charge in [-0.1, -0.05) is 12.1 Å². The molecule has 0 aliphatic rings. The van der Waals surface area contributed by atoms with E-state index in [0.29, 0.717) is 5.82 Å². The SMILES string of the molecule is COc1ccc(CCc2ccc(N)nn2)cc1C. The highest BCUT2D eigenvalue weighted by atomic mass is 16.5. The number of nitrogens with two attached hydrogens (primary N) is 1. The number of hydrogen-bond donors (Lipinski definition) is 1. The zero-order valence-corrected chi connectivity index (χ0v) is 10.7. The monoisotopic (exact) mass is 243 g/mol. The van der Waals surface area contributed by atoms with Gasteiger partial charge in [0.2, 0.25) is 0 Å². The molecule has 0 unspecified atom stereocenters. The summed E-state index contributed by atoms with van der Waals surface area (Å²) in [6.45, 7) is 2.05. The largest absolute Gasteiger partial charge is 0.496 e. The topological polar surface area (TPSA) is 61.0 Å². The number of nitrogen functional groups attached to an aromatic ring is 1. The summed E-state index contributed by atoms with van der Waals surface area (Å²) in [5.74, 6) is 1.38. The Balaban J connectivity index is 2.02. The fourth-order valence-electron chi connectivity index (χ4n) is 1.87. The molecule has 0 saturated heterocycles. The first-order chi connectivity index (χ1) is 8.69. The average Bonchev–Trinajstić information content (AvgIpc) is 2.38. The maximum absolute atomic E-state index is 5.50. The molecule has 0 aliphatic carbocycles. The molecule has 0 radical (unpaired) electrons. The predicted molar refractivity (Wildman–Crippen MR) is 71.6 cm³/mol. The van der Waals surface area contributed by atoms with E-state index in [1.807, 2.05) is 19.1 Å². The quantitative estimate of drug-likeness (QED) is 0.894. The van der Waals surface area contributed by atoms with E-state index >= 15 is 0 Å². The van der Waals surface area contributed by atoms with Crippen molar-refractivity contribution in [2.75, 3.05) is 12.8 Å². The summed E-state index contributed by atoms with van der Waals surface area (Å²) in [5.41, 5.74) is 8.88. The Kier molecular flexibility index (Phi) is 3.77. The Morgan fingerprint density at radius 2 is 1.94 bits per heavy atom. The number of aromatic nitrogens is 2. The van der Waals surface area contributed by atoms with Crippen molar-refractivity contribution < 1.29 is 4.74 Å². The van der Waals surface area contributed by atoms with E-state index < -0.39 is 0 Å². The Hall–Kier alpha value is -2.10. The molecule has 0 bridgehead atoms. The van der Waals surface area contributed by atoms with Crippen molar-refractivity contribution >= 4 is 5.82 Å². The van der Waals surface area contributed by atoms with E-state index in [9.17, 15) is 0 Å². The first-order valence-corrected chi connectivity index (χ1v) is 5.90. The normalized spacial score (nSPS) is 10.3. The van der Waals surface area contributed by atoms with Crippen LogP contribution in [0.3, 0.4) is 0 Å². The lowest BCUT2D eigenvalue weighted by molar-refractivity contribution is 0.411. The molecule has 0 aliphatic heterocycles. The zero-order chi connectivity index (χ0) is 13.0. The zero-order valence-electron chi connectivity index (χ0n) is 10.7. The number of rotatable bonds is 4. The van der Waals surface area contributed by atoms with E-state index in [1.165, 1.54) is 5.56 Å². The molecule has 0 amide bonds. The first-order valence-electron chi connectivity index (χ1n) is 5.90. The lowest BCUT2D eigenvalue weighted by Gasteiger charge is -2.07. The average molecular weight is 243 g/mol. The van der Waals surface area contributed by atoms with E-state index in [1.54, 1.807) is 13.2 Å². The van der Waals surface area contributed by atoms with Crippen molar-refractivity contribution in [3.63, 3.8) is 0 Å². The predicted octanol–water partition coefficient (Wildman–Crippen LogP) is 2.16. The third-order valence-electron chi connectivity index (χ3n) is 2.87. The summed E-state index contributed by atoms with van der Waals surface area (Å²) in [6, 6.07) is 9.92. The van der Waals surface area contributed by atoms with Crippen molar-refractivity contribution in [2.45, 2.75) is 19.8 Å². The number of nitrogens with zero attached hydrogens (tertiary/aromatic N) is 2. The number of benzene rings is 1. The molecule has 0 spiro atoms. The van der Waals surface area contributed by atoms with E-state index in [-0.39, 0.29) is 0 Å². The van der Waals surface area contributed by atoms with Gasteiger partial charge in [-0.3, -0.25) is 0 Å². The van der Waals surface area contributed by atoms with Gasteiger partial charge in [-0.2, -0.15) is 5.10 Å². The molecular weight excluding hydrogens is 226 g/mol. The molecule has 94 valence electrons. The third-order valence-corrected chi connectivity index (χ3v) is 2.87. The minimum Gasteiger partial charge on any atom is -0.496 e. The molecule has 1 heterocycles. The van der Waals surface area contributed by atoms with E-state index in [2.05, 4.69) is 22.3 Å². The van der Waals surface area contributed by atoms with Crippen LogP contribution in [0.15, 0.2) is 30.3 Å². The number of aryl methyl sites for hydroxylation is 3. The van der Waals surface area contributed by atoms with Crippen molar-refractivity contribution in [3.05, 3.63) is 47.2 Å². The van der Waals surface area contributed by atoms with Crippen molar-refractivity contribution in [1.82, 2.24) is 10.2 Å². The summed E-state index contributed by atoms with van der Waals surface area (Å²) >= 11 is 0. The maximum atomic E-state index is 5.50. The summed E-state index contributed by atoms with van der Waals surface area (Å²) in [7, 11) is 1.69. The molecule has 2 N–H and O–H groups in total. The number of hydrogen-bond acceptors (Lipinski definition) is 4. The molecule has 0 saturated carbocycles. The Morgan fingerprint density at radius 1 is 1.11 bits per heavy atom. The highest BCUT2D eigenvalue weighted by Crippen LogP contribution is 2.19. The van der Waals surface area contributed by atoms with Crippen LogP contribution < -0.4 is 10.5 Å². The Bertz CT molecular complexity index is 523. The van der Waals surface area contributed by atoms with Crippen LogP contribution in [0.25, 0.3) is 0 Å². The molecule has 1 aromatic heterocycles. The molecule has 2 rings (SSSR count). The van der Waals surface area contributed by atoms with Crippen LogP contribution in [-0.4, -0.2) is 17.3 Å². The Labute approximate surface area is 107 Å². The van der Waals surface area contributed by atoms with Crippen LogP contribution in [0.2, 0.25) is 0 Å². The van der Waals surface area contributed by atoms with Gasteiger partial charge in [0.05, 0.1) is 12.8 Å². The lowest BCUT2D eigenvalue weighted by Crippen LogP contribution is -1.99. The highest BCUT2D eigenvalue weighted by Gasteiger charge is 2.02. The van der Waals surface area contributed by atoms with Gasteiger partial charge in [-0.15, -0.1) is 5.10 Å². The van der Waals surface area contributed by atoms with E-state index in [4.69, 9.17) is 10.5 Å². The van der Waals surface area contributed by atoms with Crippen LogP contribution in [-0.2, 0) is 12.8 Å². The van der Waals surface area contributed by atoms with Crippen molar-refractivity contribution in [2.24, 2.45) is 0 Å².